The van der Waals surface area contributed by atoms with Crippen LogP contribution in [0.25, 0.3) is 0 Å². The van der Waals surface area contributed by atoms with Crippen molar-refractivity contribution in [3.8, 4) is 0 Å². The highest BCUT2D eigenvalue weighted by atomic mass is 35.5. The van der Waals surface area contributed by atoms with Crippen molar-refractivity contribution < 1.29 is 23.0 Å². The van der Waals surface area contributed by atoms with E-state index in [1.165, 1.54) is 0 Å². The van der Waals surface area contributed by atoms with Gasteiger partial charge in [-0.05, 0) is 30.5 Å². The number of piperidine rings is 1. The second kappa shape index (κ2) is 4.32. The lowest BCUT2D eigenvalue weighted by Crippen LogP contribution is -2.62. The van der Waals surface area contributed by atoms with Crippen LogP contribution in [0.5, 0.6) is 0 Å². The molecule has 2 bridgehead atoms. The standard InChI is InChI=1S/C14H14Cl2NO5P/c1-19-8-13-7-12(13,9-2-3-10(15)11(16)6-9)4-5-17-14(13)20-23(18,21-14)22-17/h2-3,6H,4-5,7-8H2,1H3/t12-,13+,14?,23?/m0/s1. The van der Waals surface area contributed by atoms with Crippen LogP contribution in [0.2, 0.25) is 10.0 Å². The average Bonchev–Trinajstić information content (AvgIpc) is 2.93. The third-order valence-corrected chi connectivity index (χ3v) is 7.68. The Morgan fingerprint density at radius 3 is 2.83 bits per heavy atom. The number of halogens is 2. The van der Waals surface area contributed by atoms with E-state index in [0.29, 0.717) is 23.2 Å². The Bertz CT molecular complexity index is 766. The Morgan fingerprint density at radius 1 is 1.35 bits per heavy atom. The molecule has 5 aliphatic rings. The van der Waals surface area contributed by atoms with Crippen LogP contribution in [0, 0.1) is 5.41 Å². The fraction of sp³-hybridized carbons (Fsp3) is 0.571. The molecule has 124 valence electrons. The topological polar surface area (TPSA) is 57.2 Å². The van der Waals surface area contributed by atoms with Crippen molar-refractivity contribution in [3.63, 3.8) is 0 Å². The van der Waals surface area contributed by atoms with Crippen molar-refractivity contribution in [1.82, 2.24) is 5.06 Å². The first-order valence-corrected chi connectivity index (χ1v) is 9.55. The Labute approximate surface area is 143 Å². The molecule has 4 saturated heterocycles. The normalized spacial score (nSPS) is 46.9. The number of nitrogens with zero attached hydrogens (tertiary/aromatic N) is 1. The van der Waals surface area contributed by atoms with Crippen LogP contribution in [0.4, 0.5) is 0 Å². The van der Waals surface area contributed by atoms with Gasteiger partial charge in [0.2, 0.25) is 0 Å². The zero-order valence-corrected chi connectivity index (χ0v) is 14.7. The summed E-state index contributed by atoms with van der Waals surface area (Å²) in [5.41, 5.74) is 0.375. The minimum atomic E-state index is -3.41. The molecule has 4 aliphatic heterocycles. The molecule has 5 fully saturated rings. The molecule has 4 heterocycles. The van der Waals surface area contributed by atoms with Crippen LogP contribution in [0.3, 0.4) is 0 Å². The maximum atomic E-state index is 12.1. The van der Waals surface area contributed by atoms with E-state index in [9.17, 15) is 4.57 Å². The molecule has 0 N–H and O–H groups in total. The molecule has 0 radical (unpaired) electrons. The van der Waals surface area contributed by atoms with Gasteiger partial charge in [-0.15, -0.1) is 5.06 Å². The number of hydrogen-bond acceptors (Lipinski definition) is 6. The first-order chi connectivity index (χ1) is 10.9. The SMILES string of the molecule is COC[C@]12C[C@]1(c1ccc(Cl)c(Cl)c1)CCN1OP3(=O)OC12O3. The second-order valence-electron chi connectivity index (χ2n) is 6.55. The van der Waals surface area contributed by atoms with Crippen molar-refractivity contribution in [1.29, 1.82) is 0 Å². The van der Waals surface area contributed by atoms with Crippen molar-refractivity contribution in [3.05, 3.63) is 33.8 Å². The summed E-state index contributed by atoms with van der Waals surface area (Å²) < 4.78 is 34.2. The largest absolute Gasteiger partial charge is 0.499 e. The number of benzene rings is 1. The van der Waals surface area contributed by atoms with Crippen LogP contribution in [0.1, 0.15) is 18.4 Å². The third kappa shape index (κ3) is 1.57. The number of hydrogen-bond donors (Lipinski definition) is 0. The van der Waals surface area contributed by atoms with Gasteiger partial charge < -0.3 is 4.74 Å². The van der Waals surface area contributed by atoms with Gasteiger partial charge in [0, 0.05) is 19.1 Å². The van der Waals surface area contributed by atoms with Gasteiger partial charge in [0.05, 0.1) is 22.1 Å². The number of ether oxygens (including phenoxy) is 1. The summed E-state index contributed by atoms with van der Waals surface area (Å²) in [7, 11) is -1.77. The van der Waals surface area contributed by atoms with E-state index >= 15 is 0 Å². The first kappa shape index (κ1) is 15.1. The fourth-order valence-electron chi connectivity index (χ4n) is 4.56. The molecule has 2 atom stereocenters. The van der Waals surface area contributed by atoms with E-state index in [0.717, 1.165) is 18.4 Å². The van der Waals surface area contributed by atoms with Crippen molar-refractivity contribution in [2.75, 3.05) is 20.3 Å². The Hall–Kier alpha value is -0.170. The van der Waals surface area contributed by atoms with Crippen LogP contribution >= 0.6 is 31.0 Å². The Balaban J connectivity index is 1.62. The average molecular weight is 378 g/mol. The lowest BCUT2D eigenvalue weighted by Gasteiger charge is -2.47. The number of fused-ring (bicyclic) bond motifs is 1. The summed E-state index contributed by atoms with van der Waals surface area (Å²) in [6.07, 6.45) is 1.59. The molecule has 6 nitrogen and oxygen atoms in total. The van der Waals surface area contributed by atoms with E-state index in [1.54, 1.807) is 18.2 Å². The predicted octanol–water partition coefficient (Wildman–Crippen LogP) is 3.73. The highest BCUT2D eigenvalue weighted by Gasteiger charge is 2.91. The first-order valence-electron chi connectivity index (χ1n) is 7.34. The minimum Gasteiger partial charge on any atom is -0.384 e. The van der Waals surface area contributed by atoms with Crippen molar-refractivity contribution in [2.45, 2.75) is 24.2 Å². The summed E-state index contributed by atoms with van der Waals surface area (Å²) >= 11 is 12.3. The minimum absolute atomic E-state index is 0.216. The number of methoxy groups -OCH3 is 1. The highest BCUT2D eigenvalue weighted by molar-refractivity contribution is 7.50. The molecule has 0 amide bonds. The predicted molar refractivity (Wildman–Crippen MR) is 82.0 cm³/mol. The van der Waals surface area contributed by atoms with Crippen LogP contribution in [0.15, 0.2) is 18.2 Å². The molecule has 9 heteroatoms. The number of phosphoric ester groups is 1. The Morgan fingerprint density at radius 2 is 2.13 bits per heavy atom. The van der Waals surface area contributed by atoms with E-state index in [2.05, 4.69) is 0 Å². The van der Waals surface area contributed by atoms with Gasteiger partial charge in [-0.1, -0.05) is 29.3 Å². The molecular formula is C14H14Cl2NO5P. The quantitative estimate of drug-likeness (QED) is 0.748. The van der Waals surface area contributed by atoms with Gasteiger partial charge >= 0.3 is 7.82 Å². The summed E-state index contributed by atoms with van der Waals surface area (Å²) in [4.78, 5) is 0. The highest BCUT2D eigenvalue weighted by Crippen LogP contribution is 2.87. The summed E-state index contributed by atoms with van der Waals surface area (Å²) in [6, 6.07) is 5.67. The van der Waals surface area contributed by atoms with Gasteiger partial charge in [-0.3, -0.25) is 0 Å². The van der Waals surface area contributed by atoms with Crippen LogP contribution < -0.4 is 0 Å². The van der Waals surface area contributed by atoms with Crippen LogP contribution in [-0.4, -0.2) is 31.2 Å². The van der Waals surface area contributed by atoms with Gasteiger partial charge in [-0.25, -0.2) is 13.6 Å². The van der Waals surface area contributed by atoms with Gasteiger partial charge in [0.1, 0.15) is 0 Å². The van der Waals surface area contributed by atoms with E-state index < -0.39 is 19.1 Å². The molecule has 6 rings (SSSR count). The monoisotopic (exact) mass is 377 g/mol. The van der Waals surface area contributed by atoms with E-state index in [1.807, 2.05) is 12.1 Å². The molecule has 1 saturated carbocycles. The van der Waals surface area contributed by atoms with Crippen molar-refractivity contribution >= 4 is 31.0 Å². The second-order valence-corrected chi connectivity index (χ2v) is 8.79. The van der Waals surface area contributed by atoms with Crippen LogP contribution in [-0.2, 0) is 28.4 Å². The lowest BCUT2D eigenvalue weighted by molar-refractivity contribution is -0.337. The zero-order valence-electron chi connectivity index (χ0n) is 12.3. The maximum Gasteiger partial charge on any atom is 0.499 e. The molecule has 0 aromatic heterocycles. The van der Waals surface area contributed by atoms with Gasteiger partial charge in [0.25, 0.3) is 5.91 Å². The molecule has 1 aromatic carbocycles. The molecule has 23 heavy (non-hydrogen) atoms. The third-order valence-electron chi connectivity index (χ3n) is 5.60. The molecule has 1 aliphatic carbocycles. The molecule has 1 aromatic rings. The van der Waals surface area contributed by atoms with E-state index in [-0.39, 0.29) is 5.41 Å². The molecule has 1 spiro atoms. The number of hydroxylamine groups is 2. The lowest BCUT2D eigenvalue weighted by atomic mass is 9.78. The van der Waals surface area contributed by atoms with Crippen molar-refractivity contribution in [2.24, 2.45) is 5.41 Å². The fourth-order valence-corrected chi connectivity index (χ4v) is 6.51. The smallest absolute Gasteiger partial charge is 0.384 e. The molecular weight excluding hydrogens is 364 g/mol. The Kier molecular flexibility index (Phi) is 2.84. The maximum absolute atomic E-state index is 12.1. The zero-order chi connectivity index (χ0) is 16.1. The van der Waals surface area contributed by atoms with Gasteiger partial charge in [0.15, 0.2) is 0 Å². The summed E-state index contributed by atoms with van der Waals surface area (Å²) in [6.45, 7) is 0.975. The number of phosphoric acid groups is 1. The van der Waals surface area contributed by atoms with Gasteiger partial charge in [-0.2, -0.15) is 4.62 Å². The number of rotatable bonds is 3. The summed E-state index contributed by atoms with van der Waals surface area (Å²) in [5, 5.41) is 2.61. The summed E-state index contributed by atoms with van der Waals surface area (Å²) in [5.74, 6) is -1.12. The molecule has 0 unspecified atom stereocenters. The van der Waals surface area contributed by atoms with E-state index in [4.69, 9.17) is 41.6 Å².